The molecule has 0 saturated carbocycles. The Morgan fingerprint density at radius 2 is 1.25 bits per heavy atom. The third kappa shape index (κ3) is 11.0. The Bertz CT molecular complexity index is 1730. The highest BCUT2D eigenvalue weighted by Crippen LogP contribution is 2.27. The van der Waals surface area contributed by atoms with E-state index in [1.54, 1.807) is 49.9 Å². The summed E-state index contributed by atoms with van der Waals surface area (Å²) in [7, 11) is 1.23. The van der Waals surface area contributed by atoms with Crippen molar-refractivity contribution in [2.75, 3.05) is 43.5 Å². The van der Waals surface area contributed by atoms with E-state index in [-0.39, 0.29) is 54.6 Å². The van der Waals surface area contributed by atoms with Gasteiger partial charge in [0.25, 0.3) is 0 Å². The molecule has 2 saturated heterocycles. The summed E-state index contributed by atoms with van der Waals surface area (Å²) in [4.78, 5) is 65.3. The van der Waals surface area contributed by atoms with Crippen LogP contribution >= 0.6 is 0 Å². The van der Waals surface area contributed by atoms with E-state index in [4.69, 9.17) is 9.47 Å². The maximum Gasteiger partial charge on any atom is 0.410 e. The smallest absolute Gasteiger partial charge is 0.410 e. The van der Waals surface area contributed by atoms with E-state index in [0.29, 0.717) is 18.8 Å². The van der Waals surface area contributed by atoms with E-state index < -0.39 is 35.0 Å². The van der Waals surface area contributed by atoms with Gasteiger partial charge in [0, 0.05) is 43.1 Å². The van der Waals surface area contributed by atoms with Gasteiger partial charge in [0.05, 0.1) is 31.1 Å². The first kappa shape index (κ1) is 39.3. The summed E-state index contributed by atoms with van der Waals surface area (Å²) in [6.45, 7) is 12.1. The van der Waals surface area contributed by atoms with Crippen LogP contribution in [0.15, 0.2) is 78.9 Å². The Hall–Kier alpha value is -5.46. The van der Waals surface area contributed by atoms with Crippen LogP contribution in [0.2, 0.25) is 0 Å². The Labute approximate surface area is 303 Å². The zero-order valence-electron chi connectivity index (χ0n) is 30.7. The molecule has 4 amide bonds. The number of amides is 4. The second-order valence-electron chi connectivity index (χ2n) is 14.6. The SMILES string of the molecule is CC(C)(C)OC(=O)N1CC(C(=O)Nc2ccccc2)C1.COC(=O)c1ccc(CN(C(=O)C2CN(C(=O)OC(C)(C)C)C2)c2ccccc2)c(F)c1. The van der Waals surface area contributed by atoms with Crippen molar-refractivity contribution in [1.82, 2.24) is 9.80 Å². The first-order chi connectivity index (χ1) is 24.4. The lowest BCUT2D eigenvalue weighted by Crippen LogP contribution is -2.57. The van der Waals surface area contributed by atoms with Gasteiger partial charge in [-0.25, -0.2) is 18.8 Å². The van der Waals surface area contributed by atoms with Crippen LogP contribution in [0, 0.1) is 17.7 Å². The van der Waals surface area contributed by atoms with Gasteiger partial charge >= 0.3 is 18.2 Å². The summed E-state index contributed by atoms with van der Waals surface area (Å²) in [5, 5.41) is 2.83. The van der Waals surface area contributed by atoms with Crippen molar-refractivity contribution in [2.24, 2.45) is 11.8 Å². The van der Waals surface area contributed by atoms with E-state index in [1.165, 1.54) is 29.0 Å². The van der Waals surface area contributed by atoms with E-state index in [0.717, 1.165) is 11.8 Å². The third-order valence-corrected chi connectivity index (χ3v) is 7.96. The van der Waals surface area contributed by atoms with Gasteiger partial charge in [-0.2, -0.15) is 0 Å². The molecule has 52 heavy (non-hydrogen) atoms. The summed E-state index contributed by atoms with van der Waals surface area (Å²) in [6, 6.07) is 22.3. The molecule has 2 aliphatic heterocycles. The number of hydrogen-bond donors (Lipinski definition) is 1. The van der Waals surface area contributed by atoms with Crippen LogP contribution < -0.4 is 10.2 Å². The van der Waals surface area contributed by atoms with E-state index in [9.17, 15) is 28.4 Å². The zero-order chi connectivity index (χ0) is 38.2. The lowest BCUT2D eigenvalue weighted by molar-refractivity contribution is -0.127. The van der Waals surface area contributed by atoms with Crippen molar-refractivity contribution in [2.45, 2.75) is 59.3 Å². The fraction of sp³-hybridized carbons (Fsp3) is 0.410. The first-order valence-corrected chi connectivity index (χ1v) is 17.0. The molecule has 5 rings (SSSR count). The number of anilines is 2. The molecule has 2 aliphatic rings. The van der Waals surface area contributed by atoms with Gasteiger partial charge in [-0.3, -0.25) is 9.59 Å². The van der Waals surface area contributed by atoms with Crippen molar-refractivity contribution >= 4 is 41.3 Å². The van der Waals surface area contributed by atoms with Gasteiger partial charge in [0.15, 0.2) is 0 Å². The van der Waals surface area contributed by atoms with Crippen LogP contribution in [0.3, 0.4) is 0 Å². The van der Waals surface area contributed by atoms with Crippen molar-refractivity contribution in [3.63, 3.8) is 0 Å². The van der Waals surface area contributed by atoms with Crippen LogP contribution in [0.4, 0.5) is 25.4 Å². The summed E-state index contributed by atoms with van der Waals surface area (Å²) in [5.74, 6) is -2.10. The number of halogens is 1. The predicted molar refractivity (Wildman–Crippen MR) is 193 cm³/mol. The average Bonchev–Trinajstić information content (AvgIpc) is 3.01. The van der Waals surface area contributed by atoms with Crippen LogP contribution in [-0.4, -0.2) is 84.3 Å². The monoisotopic (exact) mass is 718 g/mol. The van der Waals surface area contributed by atoms with Gasteiger partial charge in [-0.1, -0.05) is 42.5 Å². The summed E-state index contributed by atoms with van der Waals surface area (Å²) in [5.41, 5.74) is 0.624. The molecular formula is C39H47FN4O8. The maximum atomic E-state index is 14.7. The standard InChI is InChI=1S/C24H27FN2O5.C15H20N2O3/c1-24(2,3)32-23(30)26-13-18(14-26)21(28)27(19-8-6-5-7-9-19)15-17-11-10-16(12-20(17)25)22(29)31-4;1-15(2,3)20-14(19)17-9-11(10-17)13(18)16-12-7-5-4-6-8-12/h5-12,18H,13-15H2,1-4H3;4-8,11H,9-10H2,1-3H3,(H,16,18). The number of rotatable bonds is 7. The number of nitrogens with zero attached hydrogens (tertiary/aromatic N) is 3. The number of ether oxygens (including phenoxy) is 3. The molecule has 3 aromatic carbocycles. The Morgan fingerprint density at radius 1 is 0.750 bits per heavy atom. The molecule has 0 unspecified atom stereocenters. The highest BCUT2D eigenvalue weighted by atomic mass is 19.1. The fourth-order valence-electron chi connectivity index (χ4n) is 5.21. The molecule has 1 N–H and O–H groups in total. The van der Waals surface area contributed by atoms with Crippen molar-refractivity contribution in [3.05, 3.63) is 95.8 Å². The lowest BCUT2D eigenvalue weighted by Gasteiger charge is -2.41. The molecule has 12 nitrogen and oxygen atoms in total. The molecule has 0 radical (unpaired) electrons. The number of nitrogens with one attached hydrogen (secondary N) is 1. The fourth-order valence-corrected chi connectivity index (χ4v) is 5.21. The Morgan fingerprint density at radius 3 is 1.73 bits per heavy atom. The lowest BCUT2D eigenvalue weighted by atomic mass is 9.98. The first-order valence-electron chi connectivity index (χ1n) is 17.0. The number of carbonyl (C=O) groups is 5. The maximum absolute atomic E-state index is 14.7. The largest absolute Gasteiger partial charge is 0.465 e. The van der Waals surface area contributed by atoms with E-state index >= 15 is 0 Å². The molecule has 2 heterocycles. The van der Waals surface area contributed by atoms with Gasteiger partial charge < -0.3 is 34.2 Å². The molecule has 3 aromatic rings. The molecule has 0 spiro atoms. The molecule has 2 fully saturated rings. The number of para-hydroxylation sites is 2. The minimum Gasteiger partial charge on any atom is -0.465 e. The molecular weight excluding hydrogens is 671 g/mol. The Balaban J connectivity index is 0.000000259. The molecule has 0 bridgehead atoms. The summed E-state index contributed by atoms with van der Waals surface area (Å²) in [6.07, 6.45) is -0.821. The molecule has 0 aromatic heterocycles. The Kier molecular flexibility index (Phi) is 12.6. The van der Waals surface area contributed by atoms with Crippen molar-refractivity contribution in [1.29, 1.82) is 0 Å². The number of esters is 1. The van der Waals surface area contributed by atoms with E-state index in [2.05, 4.69) is 10.1 Å². The number of likely N-dealkylation sites (tertiary alicyclic amines) is 2. The number of carbonyl (C=O) groups excluding carboxylic acids is 5. The molecule has 13 heteroatoms. The number of hydrogen-bond acceptors (Lipinski definition) is 8. The van der Waals surface area contributed by atoms with Gasteiger partial charge in [0.1, 0.15) is 17.0 Å². The van der Waals surface area contributed by atoms with Crippen molar-refractivity contribution in [3.8, 4) is 0 Å². The molecule has 278 valence electrons. The van der Waals surface area contributed by atoms with Gasteiger partial charge in [-0.15, -0.1) is 0 Å². The van der Waals surface area contributed by atoms with Gasteiger partial charge in [0.2, 0.25) is 11.8 Å². The zero-order valence-corrected chi connectivity index (χ0v) is 30.7. The van der Waals surface area contributed by atoms with E-state index in [1.807, 2.05) is 57.2 Å². The average molecular weight is 719 g/mol. The minimum absolute atomic E-state index is 0.0148. The topological polar surface area (TPSA) is 135 Å². The normalized spacial score (nSPS) is 14.5. The van der Waals surface area contributed by atoms with Gasteiger partial charge in [-0.05, 0) is 77.9 Å². The minimum atomic E-state index is -0.636. The van der Waals surface area contributed by atoms with Crippen molar-refractivity contribution < 1.29 is 42.6 Å². The summed E-state index contributed by atoms with van der Waals surface area (Å²) < 4.78 is 29.9. The molecule has 0 atom stereocenters. The second kappa shape index (κ2) is 16.7. The summed E-state index contributed by atoms with van der Waals surface area (Å²) >= 11 is 0. The highest BCUT2D eigenvalue weighted by Gasteiger charge is 2.40. The highest BCUT2D eigenvalue weighted by molar-refractivity contribution is 5.97. The van der Waals surface area contributed by atoms with Crippen LogP contribution in [-0.2, 0) is 30.3 Å². The van der Waals surface area contributed by atoms with Crippen LogP contribution in [0.5, 0.6) is 0 Å². The van der Waals surface area contributed by atoms with Crippen LogP contribution in [0.25, 0.3) is 0 Å². The number of benzene rings is 3. The third-order valence-electron chi connectivity index (χ3n) is 7.96. The number of methoxy groups -OCH3 is 1. The van der Waals surface area contributed by atoms with Crippen LogP contribution in [0.1, 0.15) is 57.5 Å². The molecule has 0 aliphatic carbocycles. The predicted octanol–water partition coefficient (Wildman–Crippen LogP) is 6.50. The quantitative estimate of drug-likeness (QED) is 0.216. The second-order valence-corrected chi connectivity index (χ2v) is 14.6.